The lowest BCUT2D eigenvalue weighted by molar-refractivity contribution is 0.0490. The molecule has 1 aromatic heterocycles. The van der Waals surface area contributed by atoms with E-state index in [0.717, 1.165) is 0 Å². The summed E-state index contributed by atoms with van der Waals surface area (Å²) >= 11 is 7.07. The molecule has 0 saturated carbocycles. The molecule has 0 bridgehead atoms. The molecule has 1 aromatic rings. The van der Waals surface area contributed by atoms with Gasteiger partial charge in [-0.1, -0.05) is 11.6 Å². The van der Waals surface area contributed by atoms with Gasteiger partial charge in [-0.15, -0.1) is 11.3 Å². The fraction of sp³-hybridized carbons (Fsp3) is 0.600. The number of Topliss-reactive ketones (excluding diaryl/α,β-unsaturated/α-hetero) is 1. The van der Waals surface area contributed by atoms with Gasteiger partial charge in [0.25, 0.3) is 0 Å². The van der Waals surface area contributed by atoms with Crippen LogP contribution in [0.5, 0.6) is 0 Å². The van der Waals surface area contributed by atoms with Gasteiger partial charge in [-0.05, 0) is 39.3 Å². The van der Waals surface area contributed by atoms with Gasteiger partial charge in [0.15, 0.2) is 5.78 Å². The molecule has 0 fully saturated rings. The molecule has 0 aliphatic carbocycles. The van der Waals surface area contributed by atoms with Crippen LogP contribution in [0.4, 0.5) is 4.79 Å². The van der Waals surface area contributed by atoms with E-state index in [1.807, 2.05) is 0 Å². The number of nitrogens with one attached hydrogen (secondary N) is 1. The van der Waals surface area contributed by atoms with Crippen molar-refractivity contribution in [2.24, 2.45) is 0 Å². The molecule has 0 aromatic carbocycles. The highest BCUT2D eigenvalue weighted by Gasteiger charge is 2.22. The van der Waals surface area contributed by atoms with Crippen molar-refractivity contribution in [3.8, 4) is 0 Å². The van der Waals surface area contributed by atoms with Crippen LogP contribution in [0.2, 0.25) is 4.34 Å². The Balaban J connectivity index is 2.63. The molecular formula is C15H22ClNO4S. The van der Waals surface area contributed by atoms with Crippen molar-refractivity contribution in [1.29, 1.82) is 0 Å². The molecule has 0 saturated heterocycles. The van der Waals surface area contributed by atoms with Gasteiger partial charge in [-0.2, -0.15) is 0 Å². The van der Waals surface area contributed by atoms with Crippen LogP contribution in [0, 0.1) is 0 Å². The predicted molar refractivity (Wildman–Crippen MR) is 87.9 cm³/mol. The summed E-state index contributed by atoms with van der Waals surface area (Å²) in [6, 6.07) is 3.03. The van der Waals surface area contributed by atoms with E-state index < -0.39 is 11.7 Å². The number of ketones is 1. The molecule has 0 spiro atoms. The van der Waals surface area contributed by atoms with Crippen LogP contribution in [0.25, 0.3) is 0 Å². The minimum atomic E-state index is -0.582. The van der Waals surface area contributed by atoms with Crippen molar-refractivity contribution in [2.75, 3.05) is 13.7 Å². The van der Waals surface area contributed by atoms with Crippen LogP contribution >= 0.6 is 22.9 Å². The fourth-order valence-electron chi connectivity index (χ4n) is 1.75. The summed E-state index contributed by atoms with van der Waals surface area (Å²) in [5.74, 6) is -0.0611. The number of carbonyl (C=O) groups is 2. The number of amides is 1. The van der Waals surface area contributed by atoms with Crippen molar-refractivity contribution >= 4 is 34.8 Å². The highest BCUT2D eigenvalue weighted by molar-refractivity contribution is 7.18. The molecule has 124 valence electrons. The van der Waals surface area contributed by atoms with E-state index in [1.54, 1.807) is 40.0 Å². The van der Waals surface area contributed by atoms with Gasteiger partial charge in [-0.25, -0.2) is 4.79 Å². The number of halogens is 1. The maximum absolute atomic E-state index is 12.2. The van der Waals surface area contributed by atoms with Crippen LogP contribution in [0.15, 0.2) is 12.1 Å². The molecule has 0 aliphatic rings. The summed E-state index contributed by atoms with van der Waals surface area (Å²) in [6.45, 7) is 5.81. The average Bonchev–Trinajstić information content (AvgIpc) is 2.80. The summed E-state index contributed by atoms with van der Waals surface area (Å²) in [4.78, 5) is 24.6. The number of carbonyl (C=O) groups excluding carboxylic acids is 2. The Hall–Kier alpha value is -1.11. The van der Waals surface area contributed by atoms with Crippen molar-refractivity contribution < 1.29 is 19.1 Å². The molecule has 1 atom stereocenters. The molecular weight excluding hydrogens is 326 g/mol. The molecule has 5 nitrogen and oxygen atoms in total. The first kappa shape index (κ1) is 18.9. The molecule has 1 rings (SSSR count). The van der Waals surface area contributed by atoms with Crippen molar-refractivity contribution in [1.82, 2.24) is 5.32 Å². The molecule has 1 N–H and O–H groups in total. The summed E-state index contributed by atoms with van der Waals surface area (Å²) in [7, 11) is 1.57. The maximum atomic E-state index is 12.2. The highest BCUT2D eigenvalue weighted by atomic mass is 35.5. The van der Waals surface area contributed by atoms with Crippen molar-refractivity contribution in [2.45, 2.75) is 45.3 Å². The Morgan fingerprint density at radius 2 is 2.05 bits per heavy atom. The van der Waals surface area contributed by atoms with Gasteiger partial charge in [0.05, 0.1) is 9.21 Å². The van der Waals surface area contributed by atoms with Crippen LogP contribution < -0.4 is 5.32 Å². The lowest BCUT2D eigenvalue weighted by atomic mass is 10.1. The Morgan fingerprint density at radius 1 is 1.36 bits per heavy atom. The van der Waals surface area contributed by atoms with E-state index in [9.17, 15) is 9.59 Å². The third-order valence-corrected chi connectivity index (χ3v) is 3.94. The van der Waals surface area contributed by atoms with Crippen LogP contribution in [0.3, 0.4) is 0 Å². The number of hydrogen-bond acceptors (Lipinski definition) is 5. The molecule has 1 amide bonds. The third-order valence-electron chi connectivity index (χ3n) is 2.67. The standard InChI is InChI=1S/C15H22ClNO4S/c1-15(2,3)21-14(19)17-10(7-8-20-4)9-11(18)12-5-6-13(16)22-12/h5-6,10H,7-9H2,1-4H3,(H,17,19). The summed E-state index contributed by atoms with van der Waals surface area (Å²) in [5, 5.41) is 2.73. The lowest BCUT2D eigenvalue weighted by Gasteiger charge is -2.23. The quantitative estimate of drug-likeness (QED) is 0.759. The second kappa shape index (κ2) is 8.50. The van der Waals surface area contributed by atoms with E-state index in [0.29, 0.717) is 22.2 Å². The molecule has 1 heterocycles. The zero-order chi connectivity index (χ0) is 16.8. The zero-order valence-corrected chi connectivity index (χ0v) is 14.8. The molecule has 22 heavy (non-hydrogen) atoms. The lowest BCUT2D eigenvalue weighted by Crippen LogP contribution is -2.40. The zero-order valence-electron chi connectivity index (χ0n) is 13.3. The Morgan fingerprint density at radius 3 is 2.55 bits per heavy atom. The molecule has 1 unspecified atom stereocenters. The number of thiophene rings is 1. The van der Waals surface area contributed by atoms with E-state index in [1.165, 1.54) is 11.3 Å². The Labute approximate surface area is 139 Å². The first-order chi connectivity index (χ1) is 10.2. The van der Waals surface area contributed by atoms with Gasteiger partial charge in [-0.3, -0.25) is 4.79 Å². The van der Waals surface area contributed by atoms with E-state index >= 15 is 0 Å². The van der Waals surface area contributed by atoms with Crippen molar-refractivity contribution in [3.63, 3.8) is 0 Å². The number of alkyl carbamates (subject to hydrolysis) is 1. The fourth-order valence-corrected chi connectivity index (χ4v) is 2.74. The van der Waals surface area contributed by atoms with Crippen molar-refractivity contribution in [3.05, 3.63) is 21.3 Å². The molecule has 0 aliphatic heterocycles. The van der Waals surface area contributed by atoms with Crippen LogP contribution in [-0.2, 0) is 9.47 Å². The summed E-state index contributed by atoms with van der Waals surface area (Å²) < 4.78 is 10.8. The average molecular weight is 348 g/mol. The van der Waals surface area contributed by atoms with E-state index in [2.05, 4.69) is 5.32 Å². The first-order valence-electron chi connectivity index (χ1n) is 6.98. The van der Waals surface area contributed by atoms with E-state index in [4.69, 9.17) is 21.1 Å². The van der Waals surface area contributed by atoms with Crippen LogP contribution in [0.1, 0.15) is 43.3 Å². The highest BCUT2D eigenvalue weighted by Crippen LogP contribution is 2.23. The van der Waals surface area contributed by atoms with Gasteiger partial charge >= 0.3 is 6.09 Å². The van der Waals surface area contributed by atoms with Crippen LogP contribution in [-0.4, -0.2) is 37.2 Å². The normalized spacial score (nSPS) is 12.8. The molecule has 7 heteroatoms. The van der Waals surface area contributed by atoms with Gasteiger partial charge in [0.1, 0.15) is 5.60 Å². The van der Waals surface area contributed by atoms with Gasteiger partial charge < -0.3 is 14.8 Å². The predicted octanol–water partition coefficient (Wildman–Crippen LogP) is 3.90. The topological polar surface area (TPSA) is 64.6 Å². The summed E-state index contributed by atoms with van der Waals surface area (Å²) in [6.07, 6.45) is 0.172. The minimum Gasteiger partial charge on any atom is -0.444 e. The van der Waals surface area contributed by atoms with Gasteiger partial charge in [0, 0.05) is 26.2 Å². The summed E-state index contributed by atoms with van der Waals surface area (Å²) in [5.41, 5.74) is -0.582. The number of rotatable bonds is 7. The third kappa shape index (κ3) is 7.24. The molecule has 0 radical (unpaired) electrons. The number of ether oxygens (including phenoxy) is 2. The van der Waals surface area contributed by atoms with E-state index in [-0.39, 0.29) is 18.2 Å². The second-order valence-corrected chi connectivity index (χ2v) is 7.57. The first-order valence-corrected chi connectivity index (χ1v) is 8.17. The smallest absolute Gasteiger partial charge is 0.407 e. The number of methoxy groups -OCH3 is 1. The maximum Gasteiger partial charge on any atom is 0.407 e. The Kier molecular flexibility index (Phi) is 7.32. The second-order valence-electron chi connectivity index (χ2n) is 5.86. The SMILES string of the molecule is COCCC(CC(=O)c1ccc(Cl)s1)NC(=O)OC(C)(C)C. The van der Waals surface area contributed by atoms with Gasteiger partial charge in [0.2, 0.25) is 0 Å². The minimum absolute atomic E-state index is 0.0611. The largest absolute Gasteiger partial charge is 0.444 e. The Bertz CT molecular complexity index is 510. The monoisotopic (exact) mass is 347 g/mol. The number of hydrogen-bond donors (Lipinski definition) is 1.